The van der Waals surface area contributed by atoms with E-state index in [0.29, 0.717) is 38.5 Å². The second-order valence-corrected chi connectivity index (χ2v) is 6.77. The lowest BCUT2D eigenvalue weighted by atomic mass is 9.93. The van der Waals surface area contributed by atoms with Crippen LogP contribution in [0.5, 0.6) is 0 Å². The predicted octanol–water partition coefficient (Wildman–Crippen LogP) is 1.75. The lowest BCUT2D eigenvalue weighted by Gasteiger charge is -2.35. The maximum atomic E-state index is 12.4. The van der Waals surface area contributed by atoms with Gasteiger partial charge in [0.05, 0.1) is 0 Å². The molecule has 2 saturated heterocycles. The van der Waals surface area contributed by atoms with Crippen LogP contribution in [0.4, 0.5) is 0 Å². The molecule has 130 valence electrons. The van der Waals surface area contributed by atoms with Gasteiger partial charge in [-0.1, -0.05) is 18.2 Å². The SMILES string of the molecule is O=C(CCC1CCNCC1)N1CCN(C(=O)c2ccccc2)CC1. The fourth-order valence-electron chi connectivity index (χ4n) is 3.58. The number of hydrogen-bond acceptors (Lipinski definition) is 3. The number of amides is 2. The van der Waals surface area contributed by atoms with E-state index in [4.69, 9.17) is 0 Å². The van der Waals surface area contributed by atoms with Crippen LogP contribution in [0.3, 0.4) is 0 Å². The molecule has 0 radical (unpaired) electrons. The summed E-state index contributed by atoms with van der Waals surface area (Å²) in [4.78, 5) is 28.6. The van der Waals surface area contributed by atoms with Crippen LogP contribution in [0.15, 0.2) is 30.3 Å². The first-order valence-electron chi connectivity index (χ1n) is 9.07. The van der Waals surface area contributed by atoms with Gasteiger partial charge in [0, 0.05) is 38.2 Å². The summed E-state index contributed by atoms with van der Waals surface area (Å²) in [6.45, 7) is 4.74. The molecular weight excluding hydrogens is 302 g/mol. The van der Waals surface area contributed by atoms with Crippen molar-refractivity contribution < 1.29 is 9.59 Å². The third-order valence-corrected chi connectivity index (χ3v) is 5.17. The standard InChI is InChI=1S/C19H27N3O2/c23-18(7-6-16-8-10-20-11-9-16)21-12-14-22(15-13-21)19(24)17-4-2-1-3-5-17/h1-5,16,20H,6-15H2. The molecule has 3 rings (SSSR count). The summed E-state index contributed by atoms with van der Waals surface area (Å²) in [5, 5.41) is 3.36. The summed E-state index contributed by atoms with van der Waals surface area (Å²) in [5.74, 6) is 1.01. The van der Waals surface area contributed by atoms with Crippen LogP contribution < -0.4 is 5.32 Å². The third kappa shape index (κ3) is 4.35. The first kappa shape index (κ1) is 17.0. The van der Waals surface area contributed by atoms with E-state index in [1.807, 2.05) is 40.1 Å². The Balaban J connectivity index is 1.42. The minimum Gasteiger partial charge on any atom is -0.339 e. The second-order valence-electron chi connectivity index (χ2n) is 6.77. The molecule has 0 unspecified atom stereocenters. The van der Waals surface area contributed by atoms with Crippen LogP contribution >= 0.6 is 0 Å². The van der Waals surface area contributed by atoms with Gasteiger partial charge < -0.3 is 15.1 Å². The van der Waals surface area contributed by atoms with Gasteiger partial charge in [0.15, 0.2) is 0 Å². The molecule has 0 bridgehead atoms. The molecule has 1 N–H and O–H groups in total. The van der Waals surface area contributed by atoms with Gasteiger partial charge in [0.25, 0.3) is 5.91 Å². The van der Waals surface area contributed by atoms with Crippen molar-refractivity contribution >= 4 is 11.8 Å². The normalized spacial score (nSPS) is 19.3. The third-order valence-electron chi connectivity index (χ3n) is 5.17. The summed E-state index contributed by atoms with van der Waals surface area (Å²) in [5.41, 5.74) is 0.725. The number of carbonyl (C=O) groups is 2. The molecule has 5 heteroatoms. The van der Waals surface area contributed by atoms with Crippen LogP contribution in [-0.2, 0) is 4.79 Å². The summed E-state index contributed by atoms with van der Waals surface area (Å²) < 4.78 is 0. The van der Waals surface area contributed by atoms with Gasteiger partial charge >= 0.3 is 0 Å². The fourth-order valence-corrected chi connectivity index (χ4v) is 3.58. The highest BCUT2D eigenvalue weighted by molar-refractivity contribution is 5.94. The van der Waals surface area contributed by atoms with Crippen LogP contribution in [0.25, 0.3) is 0 Å². The second kappa shape index (κ2) is 8.29. The average molecular weight is 329 g/mol. The lowest BCUT2D eigenvalue weighted by Crippen LogP contribution is -2.50. The van der Waals surface area contributed by atoms with Crippen LogP contribution in [0.2, 0.25) is 0 Å². The van der Waals surface area contributed by atoms with Crippen molar-refractivity contribution in [3.8, 4) is 0 Å². The highest BCUT2D eigenvalue weighted by Crippen LogP contribution is 2.19. The van der Waals surface area contributed by atoms with Crippen LogP contribution in [0.1, 0.15) is 36.0 Å². The first-order valence-corrected chi connectivity index (χ1v) is 9.07. The van der Waals surface area contributed by atoms with Crippen molar-refractivity contribution in [1.82, 2.24) is 15.1 Å². The van der Waals surface area contributed by atoms with Gasteiger partial charge in [-0.25, -0.2) is 0 Å². The van der Waals surface area contributed by atoms with E-state index in [0.717, 1.165) is 25.1 Å². The Morgan fingerprint density at radius 3 is 2.25 bits per heavy atom. The maximum Gasteiger partial charge on any atom is 0.253 e. The Bertz CT molecular complexity index is 547. The molecule has 0 aromatic heterocycles. The molecule has 0 saturated carbocycles. The zero-order valence-electron chi connectivity index (χ0n) is 14.2. The van der Waals surface area contributed by atoms with Gasteiger partial charge in [0.1, 0.15) is 0 Å². The van der Waals surface area contributed by atoms with Crippen molar-refractivity contribution in [2.45, 2.75) is 25.7 Å². The first-order chi connectivity index (χ1) is 11.7. The van der Waals surface area contributed by atoms with Gasteiger partial charge in [-0.3, -0.25) is 9.59 Å². The molecule has 0 atom stereocenters. The van der Waals surface area contributed by atoms with Crippen molar-refractivity contribution in [3.63, 3.8) is 0 Å². The van der Waals surface area contributed by atoms with E-state index in [9.17, 15) is 9.59 Å². The molecule has 0 spiro atoms. The Labute approximate surface area is 144 Å². The number of carbonyl (C=O) groups excluding carboxylic acids is 2. The quantitative estimate of drug-likeness (QED) is 0.916. The summed E-state index contributed by atoms with van der Waals surface area (Å²) in [6, 6.07) is 9.37. The Kier molecular flexibility index (Phi) is 5.86. The van der Waals surface area contributed by atoms with Gasteiger partial charge in [0.2, 0.25) is 5.91 Å². The smallest absolute Gasteiger partial charge is 0.253 e. The number of rotatable bonds is 4. The molecule has 2 amide bonds. The molecule has 1 aromatic rings. The van der Waals surface area contributed by atoms with E-state index in [1.165, 1.54) is 12.8 Å². The van der Waals surface area contributed by atoms with E-state index in [2.05, 4.69) is 5.32 Å². The fraction of sp³-hybridized carbons (Fsp3) is 0.579. The molecule has 1 aromatic carbocycles. The van der Waals surface area contributed by atoms with Gasteiger partial charge in [-0.2, -0.15) is 0 Å². The Morgan fingerprint density at radius 1 is 0.958 bits per heavy atom. The maximum absolute atomic E-state index is 12.4. The average Bonchev–Trinajstić information content (AvgIpc) is 2.67. The number of nitrogens with zero attached hydrogens (tertiary/aromatic N) is 2. The van der Waals surface area contributed by atoms with Crippen LogP contribution in [-0.4, -0.2) is 60.9 Å². The highest BCUT2D eigenvalue weighted by Gasteiger charge is 2.25. The molecule has 24 heavy (non-hydrogen) atoms. The summed E-state index contributed by atoms with van der Waals surface area (Å²) in [7, 11) is 0. The molecule has 2 aliphatic rings. The minimum atomic E-state index is 0.0670. The van der Waals surface area contributed by atoms with Crippen molar-refractivity contribution in [3.05, 3.63) is 35.9 Å². The zero-order valence-corrected chi connectivity index (χ0v) is 14.2. The summed E-state index contributed by atoms with van der Waals surface area (Å²) in [6.07, 6.45) is 4.03. The topological polar surface area (TPSA) is 52.7 Å². The molecule has 2 heterocycles. The molecule has 2 fully saturated rings. The van der Waals surface area contributed by atoms with E-state index in [-0.39, 0.29) is 11.8 Å². The molecule has 2 aliphatic heterocycles. The molecule has 0 aliphatic carbocycles. The van der Waals surface area contributed by atoms with Crippen molar-refractivity contribution in [2.24, 2.45) is 5.92 Å². The number of nitrogens with one attached hydrogen (secondary N) is 1. The zero-order chi connectivity index (χ0) is 16.8. The number of benzene rings is 1. The van der Waals surface area contributed by atoms with Gasteiger partial charge in [-0.15, -0.1) is 0 Å². The van der Waals surface area contributed by atoms with E-state index < -0.39 is 0 Å². The number of piperidine rings is 1. The number of piperazine rings is 1. The van der Waals surface area contributed by atoms with Gasteiger partial charge in [-0.05, 0) is 50.4 Å². The van der Waals surface area contributed by atoms with Crippen molar-refractivity contribution in [1.29, 1.82) is 0 Å². The summed E-state index contributed by atoms with van der Waals surface area (Å²) >= 11 is 0. The van der Waals surface area contributed by atoms with E-state index >= 15 is 0 Å². The Morgan fingerprint density at radius 2 is 1.58 bits per heavy atom. The monoisotopic (exact) mass is 329 g/mol. The largest absolute Gasteiger partial charge is 0.339 e. The van der Waals surface area contributed by atoms with E-state index in [1.54, 1.807) is 0 Å². The molecular formula is C19H27N3O2. The minimum absolute atomic E-state index is 0.0670. The Hall–Kier alpha value is -1.88. The highest BCUT2D eigenvalue weighted by atomic mass is 16.2. The molecule has 5 nitrogen and oxygen atoms in total. The lowest BCUT2D eigenvalue weighted by molar-refractivity contribution is -0.133. The van der Waals surface area contributed by atoms with Crippen LogP contribution in [0, 0.1) is 5.92 Å². The predicted molar refractivity (Wildman–Crippen MR) is 93.8 cm³/mol. The van der Waals surface area contributed by atoms with Crippen molar-refractivity contribution in [2.75, 3.05) is 39.3 Å². The number of hydrogen-bond donors (Lipinski definition) is 1.